The van der Waals surface area contributed by atoms with Gasteiger partial charge in [-0.15, -0.1) is 0 Å². The summed E-state index contributed by atoms with van der Waals surface area (Å²) in [6.45, 7) is 2.84. The summed E-state index contributed by atoms with van der Waals surface area (Å²) in [5, 5.41) is 0. The standard InChI is InChI=1S/C30H29F3O2/c1-2-35-19-22-8-15-26(28(31)17-22)23-9-3-20(4-10-23)5-13-25-14-16-27(30(33)29(25)32)24-11-6-21(18-34)7-12-24/h3-5,8-10,13-18,21,24H,2,6-7,11-12,19H2,1H3/b13-5+. The normalized spacial score (nSPS) is 18.2. The van der Waals surface area contributed by atoms with Crippen molar-refractivity contribution in [3.05, 3.63) is 94.3 Å². The molecule has 182 valence electrons. The van der Waals surface area contributed by atoms with E-state index >= 15 is 0 Å². The monoisotopic (exact) mass is 478 g/mol. The van der Waals surface area contributed by atoms with Gasteiger partial charge >= 0.3 is 0 Å². The molecule has 1 saturated carbocycles. The first-order chi connectivity index (χ1) is 17.0. The lowest BCUT2D eigenvalue weighted by molar-refractivity contribution is -0.111. The fraction of sp³-hybridized carbons (Fsp3) is 0.300. The predicted octanol–water partition coefficient (Wildman–Crippen LogP) is 7.95. The van der Waals surface area contributed by atoms with E-state index in [0.29, 0.717) is 50.0 Å². The lowest BCUT2D eigenvalue weighted by Crippen LogP contribution is -2.15. The van der Waals surface area contributed by atoms with Crippen molar-refractivity contribution >= 4 is 18.4 Å². The molecule has 0 aromatic heterocycles. The molecule has 3 aromatic carbocycles. The van der Waals surface area contributed by atoms with Gasteiger partial charge in [0.2, 0.25) is 0 Å². The second-order valence-electron chi connectivity index (χ2n) is 9.03. The minimum atomic E-state index is -0.859. The molecular weight excluding hydrogens is 449 g/mol. The van der Waals surface area contributed by atoms with Crippen LogP contribution in [0.3, 0.4) is 0 Å². The van der Waals surface area contributed by atoms with Crippen molar-refractivity contribution in [1.29, 1.82) is 0 Å². The van der Waals surface area contributed by atoms with E-state index in [4.69, 9.17) is 4.74 Å². The van der Waals surface area contributed by atoms with Gasteiger partial charge in [0.25, 0.3) is 0 Å². The molecule has 0 spiro atoms. The van der Waals surface area contributed by atoms with Crippen molar-refractivity contribution in [3.8, 4) is 11.1 Å². The Balaban J connectivity index is 1.46. The summed E-state index contributed by atoms with van der Waals surface area (Å²) in [6.07, 6.45) is 7.03. The molecule has 0 unspecified atom stereocenters. The first-order valence-corrected chi connectivity index (χ1v) is 12.1. The highest BCUT2D eigenvalue weighted by molar-refractivity contribution is 5.72. The molecule has 3 aromatic rings. The number of carbonyl (C=O) groups excluding carboxylic acids is 1. The molecular formula is C30H29F3O2. The van der Waals surface area contributed by atoms with Gasteiger partial charge in [-0.1, -0.05) is 60.7 Å². The summed E-state index contributed by atoms with van der Waals surface area (Å²) >= 11 is 0. The molecule has 0 N–H and O–H groups in total. The third-order valence-electron chi connectivity index (χ3n) is 6.73. The summed E-state index contributed by atoms with van der Waals surface area (Å²) in [6, 6.07) is 15.5. The topological polar surface area (TPSA) is 26.3 Å². The average molecular weight is 479 g/mol. The molecule has 0 atom stereocenters. The summed E-state index contributed by atoms with van der Waals surface area (Å²) in [4.78, 5) is 10.9. The molecule has 1 fully saturated rings. The number of benzene rings is 3. The fourth-order valence-electron chi connectivity index (χ4n) is 4.65. The Morgan fingerprint density at radius 2 is 1.63 bits per heavy atom. The molecule has 0 radical (unpaired) electrons. The van der Waals surface area contributed by atoms with Crippen LogP contribution in [-0.2, 0) is 16.1 Å². The molecule has 1 aliphatic rings. The van der Waals surface area contributed by atoms with Crippen LogP contribution >= 0.6 is 0 Å². The Kier molecular flexibility index (Phi) is 8.19. The zero-order valence-electron chi connectivity index (χ0n) is 19.8. The van der Waals surface area contributed by atoms with Crippen molar-refractivity contribution in [3.63, 3.8) is 0 Å². The van der Waals surface area contributed by atoms with Crippen LogP contribution in [0, 0.1) is 23.4 Å². The molecule has 2 nitrogen and oxygen atoms in total. The van der Waals surface area contributed by atoms with Crippen molar-refractivity contribution < 1.29 is 22.7 Å². The zero-order chi connectivity index (χ0) is 24.8. The van der Waals surface area contributed by atoms with E-state index in [1.165, 1.54) is 6.07 Å². The highest BCUT2D eigenvalue weighted by atomic mass is 19.2. The van der Waals surface area contributed by atoms with Gasteiger partial charge in [0.1, 0.15) is 12.1 Å². The van der Waals surface area contributed by atoms with Crippen LogP contribution in [0.25, 0.3) is 23.3 Å². The van der Waals surface area contributed by atoms with E-state index in [9.17, 15) is 18.0 Å². The zero-order valence-corrected chi connectivity index (χ0v) is 19.8. The first-order valence-electron chi connectivity index (χ1n) is 12.1. The molecule has 5 heteroatoms. The number of aldehydes is 1. The number of halogens is 3. The molecule has 35 heavy (non-hydrogen) atoms. The third-order valence-corrected chi connectivity index (χ3v) is 6.73. The smallest absolute Gasteiger partial charge is 0.166 e. The second kappa shape index (κ2) is 11.5. The highest BCUT2D eigenvalue weighted by Crippen LogP contribution is 2.37. The number of rotatable bonds is 8. The SMILES string of the molecule is CCOCc1ccc(-c2ccc(/C=C/c3ccc(C4CCC(C=O)CC4)c(F)c3F)cc2)c(F)c1. The highest BCUT2D eigenvalue weighted by Gasteiger charge is 2.25. The maximum absolute atomic E-state index is 14.8. The summed E-state index contributed by atoms with van der Waals surface area (Å²) in [5.74, 6) is -2.01. The van der Waals surface area contributed by atoms with E-state index in [-0.39, 0.29) is 23.2 Å². The van der Waals surface area contributed by atoms with Gasteiger partial charge in [0.05, 0.1) is 6.61 Å². The van der Waals surface area contributed by atoms with Crippen LogP contribution in [0.2, 0.25) is 0 Å². The minimum Gasteiger partial charge on any atom is -0.377 e. The summed E-state index contributed by atoms with van der Waals surface area (Å²) in [7, 11) is 0. The Morgan fingerprint density at radius 3 is 2.29 bits per heavy atom. The van der Waals surface area contributed by atoms with Crippen molar-refractivity contribution in [1.82, 2.24) is 0 Å². The average Bonchev–Trinajstić information content (AvgIpc) is 2.89. The van der Waals surface area contributed by atoms with Crippen molar-refractivity contribution in [2.24, 2.45) is 5.92 Å². The van der Waals surface area contributed by atoms with Gasteiger partial charge < -0.3 is 9.53 Å². The molecule has 4 rings (SSSR count). The van der Waals surface area contributed by atoms with Crippen molar-refractivity contribution in [2.45, 2.75) is 45.1 Å². The quantitative estimate of drug-likeness (QED) is 0.243. The number of ether oxygens (including phenoxy) is 1. The number of hydrogen-bond acceptors (Lipinski definition) is 2. The van der Waals surface area contributed by atoms with E-state index in [1.54, 1.807) is 42.5 Å². The lowest BCUT2D eigenvalue weighted by atomic mass is 9.79. The fourth-order valence-corrected chi connectivity index (χ4v) is 4.65. The molecule has 0 bridgehead atoms. The van der Waals surface area contributed by atoms with Crippen LogP contribution in [0.5, 0.6) is 0 Å². The van der Waals surface area contributed by atoms with Crippen LogP contribution in [0.4, 0.5) is 13.2 Å². The Morgan fingerprint density at radius 1 is 0.886 bits per heavy atom. The number of carbonyl (C=O) groups is 1. The van der Waals surface area contributed by atoms with Crippen LogP contribution in [-0.4, -0.2) is 12.9 Å². The second-order valence-corrected chi connectivity index (χ2v) is 9.03. The van der Waals surface area contributed by atoms with Gasteiger partial charge in [0.15, 0.2) is 11.6 Å². The summed E-state index contributed by atoms with van der Waals surface area (Å²) < 4.78 is 49.5. The largest absolute Gasteiger partial charge is 0.377 e. The van der Waals surface area contributed by atoms with E-state index < -0.39 is 11.6 Å². The van der Waals surface area contributed by atoms with Crippen LogP contribution in [0.1, 0.15) is 60.8 Å². The molecule has 0 amide bonds. The van der Waals surface area contributed by atoms with E-state index in [2.05, 4.69) is 0 Å². The minimum absolute atomic E-state index is 0.0315. The number of hydrogen-bond donors (Lipinski definition) is 0. The van der Waals surface area contributed by atoms with Crippen LogP contribution < -0.4 is 0 Å². The van der Waals surface area contributed by atoms with Crippen LogP contribution in [0.15, 0.2) is 54.6 Å². The maximum atomic E-state index is 14.8. The van der Waals surface area contributed by atoms with Gasteiger partial charge in [-0.05, 0) is 66.8 Å². The predicted molar refractivity (Wildman–Crippen MR) is 133 cm³/mol. The first kappa shape index (κ1) is 24.9. The van der Waals surface area contributed by atoms with Gasteiger partial charge in [-0.2, -0.15) is 0 Å². The van der Waals surface area contributed by atoms with Gasteiger partial charge in [-0.3, -0.25) is 0 Å². The van der Waals surface area contributed by atoms with E-state index in [0.717, 1.165) is 23.0 Å². The maximum Gasteiger partial charge on any atom is 0.166 e. The summed E-state index contributed by atoms with van der Waals surface area (Å²) in [5.41, 5.74) is 3.36. The van der Waals surface area contributed by atoms with Crippen molar-refractivity contribution in [2.75, 3.05) is 6.61 Å². The third kappa shape index (κ3) is 5.91. The van der Waals surface area contributed by atoms with E-state index in [1.807, 2.05) is 25.1 Å². The molecule has 0 aliphatic heterocycles. The van der Waals surface area contributed by atoms with Gasteiger partial charge in [0, 0.05) is 23.7 Å². The molecule has 0 saturated heterocycles. The lowest BCUT2D eigenvalue weighted by Gasteiger charge is -2.26. The Bertz CT molecular complexity index is 1190. The van der Waals surface area contributed by atoms with Gasteiger partial charge in [-0.25, -0.2) is 13.2 Å². The molecule has 0 heterocycles. The Labute approximate surface area is 204 Å². The molecule has 1 aliphatic carbocycles. The Hall–Kier alpha value is -3.18.